The van der Waals surface area contributed by atoms with Gasteiger partial charge in [0.1, 0.15) is 5.82 Å². The van der Waals surface area contributed by atoms with E-state index in [1.165, 1.54) is 12.1 Å². The van der Waals surface area contributed by atoms with Crippen molar-refractivity contribution in [3.63, 3.8) is 0 Å². The maximum Gasteiger partial charge on any atom is 0.317 e. The van der Waals surface area contributed by atoms with Crippen LogP contribution in [-0.4, -0.2) is 45.4 Å². The lowest BCUT2D eigenvalue weighted by Crippen LogP contribution is -2.55. The van der Waals surface area contributed by atoms with Crippen molar-refractivity contribution < 1.29 is 38.8 Å². The average Bonchev–Trinajstić information content (AvgIpc) is 3.00. The van der Waals surface area contributed by atoms with E-state index in [4.69, 9.17) is 14.9 Å². The quantitative estimate of drug-likeness (QED) is 0.0891. The number of carboxylic acids is 2. The number of aliphatic carboxylic acids is 2. The molecule has 1 amide bonds. The van der Waals surface area contributed by atoms with Crippen LogP contribution in [0.15, 0.2) is 72.8 Å². The van der Waals surface area contributed by atoms with Crippen molar-refractivity contribution in [1.82, 2.24) is 0 Å². The highest BCUT2D eigenvalue weighted by Crippen LogP contribution is 2.46. The first-order valence-corrected chi connectivity index (χ1v) is 15.9. The first kappa shape index (κ1) is 34.8. The number of benzene rings is 3. The van der Waals surface area contributed by atoms with Crippen LogP contribution in [0.3, 0.4) is 0 Å². The summed E-state index contributed by atoms with van der Waals surface area (Å²) in [5.74, 6) is -4.87. The summed E-state index contributed by atoms with van der Waals surface area (Å²) in [6.45, 7) is 6.77. The molecule has 8 nitrogen and oxygen atoms in total. The topological polar surface area (TPSA) is 124 Å². The molecule has 0 unspecified atom stereocenters. The molecule has 3 N–H and O–H groups in total. The van der Waals surface area contributed by atoms with Crippen LogP contribution in [0.2, 0.25) is 0 Å². The van der Waals surface area contributed by atoms with Gasteiger partial charge in [-0.2, -0.15) is 0 Å². The van der Waals surface area contributed by atoms with Crippen LogP contribution in [0.1, 0.15) is 87.3 Å². The fraction of sp³-hybridized carbons (Fsp3) is 0.432. The summed E-state index contributed by atoms with van der Waals surface area (Å²) in [5, 5.41) is 29.0. The third-order valence-electron chi connectivity index (χ3n) is 8.45. The molecule has 0 spiro atoms. The van der Waals surface area contributed by atoms with Crippen LogP contribution in [0.25, 0.3) is 0 Å². The van der Waals surface area contributed by atoms with Crippen LogP contribution in [-0.2, 0) is 32.0 Å². The van der Waals surface area contributed by atoms with Gasteiger partial charge in [-0.25, -0.2) is 4.39 Å². The number of aliphatic hydroxyl groups excluding tert-OH is 1. The molecular formula is C37H44FNO7. The number of anilines is 1. The predicted octanol–water partition coefficient (Wildman–Crippen LogP) is 6.90. The smallest absolute Gasteiger partial charge is 0.317 e. The summed E-state index contributed by atoms with van der Waals surface area (Å²) in [6, 6.07) is 21.2. The van der Waals surface area contributed by atoms with Gasteiger partial charge >= 0.3 is 11.9 Å². The first-order valence-electron chi connectivity index (χ1n) is 15.9. The zero-order chi connectivity index (χ0) is 33.4. The molecule has 1 aliphatic heterocycles. The van der Waals surface area contributed by atoms with Crippen molar-refractivity contribution in [3.05, 3.63) is 101 Å². The zero-order valence-corrected chi connectivity index (χ0v) is 26.7. The van der Waals surface area contributed by atoms with E-state index >= 15 is 0 Å². The second-order valence-electron chi connectivity index (χ2n) is 13.0. The zero-order valence-electron chi connectivity index (χ0n) is 26.7. The number of carboxylic acid groups (broad SMARTS) is 2. The lowest BCUT2D eigenvalue weighted by molar-refractivity contribution is -0.154. The summed E-state index contributed by atoms with van der Waals surface area (Å²) in [4.78, 5) is 37.8. The second kappa shape index (κ2) is 15.5. The van der Waals surface area contributed by atoms with Crippen LogP contribution < -0.4 is 4.90 Å². The van der Waals surface area contributed by atoms with Gasteiger partial charge in [0.2, 0.25) is 5.91 Å². The lowest BCUT2D eigenvalue weighted by atomic mass is 9.78. The monoisotopic (exact) mass is 633 g/mol. The van der Waals surface area contributed by atoms with E-state index in [0.29, 0.717) is 37.9 Å². The summed E-state index contributed by atoms with van der Waals surface area (Å²) < 4.78 is 19.2. The van der Waals surface area contributed by atoms with E-state index in [1.807, 2.05) is 69.3 Å². The Bertz CT molecular complexity index is 1450. The van der Waals surface area contributed by atoms with Gasteiger partial charge in [-0.1, -0.05) is 48.5 Å². The van der Waals surface area contributed by atoms with Crippen LogP contribution >= 0.6 is 0 Å². The molecule has 246 valence electrons. The molecule has 3 aromatic rings. The Labute approximate surface area is 269 Å². The van der Waals surface area contributed by atoms with Crippen LogP contribution in [0.4, 0.5) is 10.1 Å². The maximum atomic E-state index is 13.6. The van der Waals surface area contributed by atoms with E-state index in [1.54, 1.807) is 17.0 Å². The Balaban J connectivity index is 1.46. The second-order valence-corrected chi connectivity index (χ2v) is 13.0. The number of hydrogen-bond donors (Lipinski definition) is 3. The van der Waals surface area contributed by atoms with Crippen molar-refractivity contribution in [2.45, 2.75) is 83.5 Å². The van der Waals surface area contributed by atoms with Crippen molar-refractivity contribution in [3.8, 4) is 0 Å². The Kier molecular flexibility index (Phi) is 11.7. The molecule has 3 aromatic carbocycles. The first-order chi connectivity index (χ1) is 21.8. The number of aryl methyl sites for hydroxylation is 2. The molecule has 1 aliphatic rings. The van der Waals surface area contributed by atoms with Crippen LogP contribution in [0.5, 0.6) is 0 Å². The minimum absolute atomic E-state index is 0.0277. The highest BCUT2D eigenvalue weighted by atomic mass is 19.1. The SMILES string of the molecule is CC(C)(C)OCCCc1ccc(N2C(=O)[C@H](CC[C@H](O)c3ccc(F)cc3)[C@H]2c2ccc(CCCC(C(=O)O)C(=O)O)cc2)cc1. The average molecular weight is 634 g/mol. The van der Waals surface area contributed by atoms with E-state index in [9.17, 15) is 23.9 Å². The number of hydrogen-bond acceptors (Lipinski definition) is 5. The molecular weight excluding hydrogens is 589 g/mol. The van der Waals surface area contributed by atoms with Gasteiger partial charge in [-0.05, 0) is 112 Å². The number of nitrogens with zero attached hydrogens (tertiary/aromatic N) is 1. The molecule has 1 heterocycles. The Morgan fingerprint density at radius 2 is 1.41 bits per heavy atom. The van der Waals surface area contributed by atoms with Crippen molar-refractivity contribution in [1.29, 1.82) is 0 Å². The Morgan fingerprint density at radius 1 is 0.848 bits per heavy atom. The number of β-lactam (4-membered cyclic amide) rings is 1. The summed E-state index contributed by atoms with van der Waals surface area (Å²) >= 11 is 0. The molecule has 0 saturated carbocycles. The standard InChI is InChI=1S/C37H44FNO7/c1-37(2,3)46-23-5-7-25-11-19-29(20-12-25)39-33(30(34(39)41)21-22-32(40)26-15-17-28(38)18-16-26)27-13-9-24(10-14-27)6-4-8-31(35(42)43)36(44)45/h9-20,30-33,40H,4-8,21-23H2,1-3H3,(H,42,43)(H,44,45)/t30-,32+,33-/m1/s1. The van der Waals surface area contributed by atoms with E-state index < -0.39 is 24.0 Å². The minimum Gasteiger partial charge on any atom is -0.481 e. The number of ether oxygens (including phenoxy) is 1. The molecule has 4 rings (SSSR count). The normalized spacial score (nSPS) is 17.2. The third kappa shape index (κ3) is 9.23. The van der Waals surface area contributed by atoms with Gasteiger partial charge < -0.3 is 25.0 Å². The number of halogens is 1. The lowest BCUT2D eigenvalue weighted by Gasteiger charge is -2.48. The van der Waals surface area contributed by atoms with E-state index in [-0.39, 0.29) is 35.7 Å². The van der Waals surface area contributed by atoms with Gasteiger partial charge in [-0.15, -0.1) is 0 Å². The summed E-state index contributed by atoms with van der Waals surface area (Å²) in [6.07, 6.45) is 2.68. The van der Waals surface area contributed by atoms with Crippen molar-refractivity contribution in [2.24, 2.45) is 11.8 Å². The molecule has 0 aliphatic carbocycles. The number of amides is 1. The van der Waals surface area contributed by atoms with Crippen LogP contribution in [0, 0.1) is 17.7 Å². The number of aliphatic hydroxyl groups is 1. The maximum absolute atomic E-state index is 13.6. The van der Waals surface area contributed by atoms with Crippen molar-refractivity contribution >= 4 is 23.5 Å². The fourth-order valence-electron chi connectivity index (χ4n) is 5.91. The Morgan fingerprint density at radius 3 is 1.98 bits per heavy atom. The van der Waals surface area contributed by atoms with Gasteiger partial charge in [0.05, 0.1) is 23.7 Å². The highest BCUT2D eigenvalue weighted by Gasteiger charge is 2.48. The van der Waals surface area contributed by atoms with E-state index in [0.717, 1.165) is 35.2 Å². The summed E-state index contributed by atoms with van der Waals surface area (Å²) in [7, 11) is 0. The Hall–Kier alpha value is -4.08. The molecule has 1 saturated heterocycles. The van der Waals surface area contributed by atoms with Gasteiger partial charge in [0.15, 0.2) is 5.92 Å². The summed E-state index contributed by atoms with van der Waals surface area (Å²) in [5.41, 5.74) is 4.24. The van der Waals surface area contributed by atoms with Gasteiger partial charge in [0, 0.05) is 12.3 Å². The molecule has 0 radical (unpaired) electrons. The third-order valence-corrected chi connectivity index (χ3v) is 8.45. The van der Waals surface area contributed by atoms with Gasteiger partial charge in [-0.3, -0.25) is 14.4 Å². The van der Waals surface area contributed by atoms with Gasteiger partial charge in [0.25, 0.3) is 0 Å². The largest absolute Gasteiger partial charge is 0.481 e. The van der Waals surface area contributed by atoms with Crippen molar-refractivity contribution in [2.75, 3.05) is 11.5 Å². The fourth-order valence-corrected chi connectivity index (χ4v) is 5.91. The number of rotatable bonds is 16. The molecule has 3 atom stereocenters. The molecule has 1 fully saturated rings. The molecule has 0 bridgehead atoms. The molecule has 9 heteroatoms. The number of carbonyl (C=O) groups is 3. The predicted molar refractivity (Wildman–Crippen MR) is 173 cm³/mol. The molecule has 46 heavy (non-hydrogen) atoms. The number of carbonyl (C=O) groups excluding carboxylic acids is 1. The highest BCUT2D eigenvalue weighted by molar-refractivity contribution is 6.03. The minimum atomic E-state index is -1.43. The van der Waals surface area contributed by atoms with E-state index in [2.05, 4.69) is 0 Å². The molecule has 0 aromatic heterocycles.